The highest BCUT2D eigenvalue weighted by Gasteiger charge is 2.04. The minimum atomic E-state index is 0.0216. The highest BCUT2D eigenvalue weighted by molar-refractivity contribution is 6.29. The van der Waals surface area contributed by atoms with E-state index in [1.54, 1.807) is 6.07 Å². The first-order chi connectivity index (χ1) is 8.51. The minimum absolute atomic E-state index is 0.0216. The van der Waals surface area contributed by atoms with Gasteiger partial charge in [-0.15, -0.1) is 0 Å². The van der Waals surface area contributed by atoms with E-state index in [4.69, 9.17) is 11.6 Å². The van der Waals surface area contributed by atoms with Crippen molar-refractivity contribution in [3.8, 4) is 0 Å². The van der Waals surface area contributed by atoms with Gasteiger partial charge < -0.3 is 10.6 Å². The summed E-state index contributed by atoms with van der Waals surface area (Å²) in [5.74, 6) is 1.37. The first-order valence-corrected chi connectivity index (χ1v) is 6.45. The predicted octanol–water partition coefficient (Wildman–Crippen LogP) is 2.02. The normalized spacial score (nSPS) is 10.5. The summed E-state index contributed by atoms with van der Waals surface area (Å²) < 4.78 is 0. The second kappa shape index (κ2) is 7.16. The first-order valence-electron chi connectivity index (χ1n) is 6.08. The summed E-state index contributed by atoms with van der Waals surface area (Å²) in [5.41, 5.74) is 0. The number of carbonyl (C=O) groups excluding carboxylic acids is 1. The number of amides is 1. The molecule has 0 aliphatic heterocycles. The second-order valence-corrected chi connectivity index (χ2v) is 4.63. The Morgan fingerprint density at radius 1 is 1.44 bits per heavy atom. The molecule has 2 N–H and O–H groups in total. The van der Waals surface area contributed by atoms with Gasteiger partial charge in [0.2, 0.25) is 5.91 Å². The van der Waals surface area contributed by atoms with Crippen LogP contribution in [0.25, 0.3) is 0 Å². The van der Waals surface area contributed by atoms with Crippen LogP contribution in [0.3, 0.4) is 0 Å². The lowest BCUT2D eigenvalue weighted by Crippen LogP contribution is -2.31. The Hall–Kier alpha value is -1.36. The standard InChI is InChI=1S/C12H19ClN4O/c1-4-10-16-9(13)7-11(17-10)14-6-5-12(18)15-8(2)3/h7-8H,4-6H2,1-3H3,(H,15,18)(H,14,16,17). The van der Waals surface area contributed by atoms with E-state index in [9.17, 15) is 4.79 Å². The van der Waals surface area contributed by atoms with E-state index in [0.29, 0.717) is 29.8 Å². The Bertz CT molecular complexity index is 409. The zero-order valence-corrected chi connectivity index (χ0v) is 11.7. The van der Waals surface area contributed by atoms with E-state index >= 15 is 0 Å². The lowest BCUT2D eigenvalue weighted by molar-refractivity contribution is -0.121. The summed E-state index contributed by atoms with van der Waals surface area (Å²) in [6, 6.07) is 1.82. The van der Waals surface area contributed by atoms with Gasteiger partial charge in [-0.05, 0) is 13.8 Å². The topological polar surface area (TPSA) is 66.9 Å². The fourth-order valence-electron chi connectivity index (χ4n) is 1.41. The molecule has 18 heavy (non-hydrogen) atoms. The van der Waals surface area contributed by atoms with Crippen molar-refractivity contribution in [1.29, 1.82) is 0 Å². The lowest BCUT2D eigenvalue weighted by atomic mass is 10.3. The van der Waals surface area contributed by atoms with Gasteiger partial charge in [0.1, 0.15) is 16.8 Å². The monoisotopic (exact) mass is 270 g/mol. The lowest BCUT2D eigenvalue weighted by Gasteiger charge is -2.09. The number of nitrogens with zero attached hydrogens (tertiary/aromatic N) is 2. The highest BCUT2D eigenvalue weighted by atomic mass is 35.5. The third-order valence-electron chi connectivity index (χ3n) is 2.17. The van der Waals surface area contributed by atoms with Gasteiger partial charge in [-0.25, -0.2) is 9.97 Å². The molecule has 1 aromatic rings. The van der Waals surface area contributed by atoms with Gasteiger partial charge in [0.15, 0.2) is 0 Å². The average Bonchev–Trinajstić information content (AvgIpc) is 2.27. The number of carbonyl (C=O) groups is 1. The van der Waals surface area contributed by atoms with Crippen LogP contribution in [0.5, 0.6) is 0 Å². The van der Waals surface area contributed by atoms with E-state index in [0.717, 1.165) is 6.42 Å². The average molecular weight is 271 g/mol. The summed E-state index contributed by atoms with van der Waals surface area (Å²) in [5, 5.41) is 6.31. The molecule has 0 aliphatic carbocycles. The number of halogens is 1. The molecule has 0 bridgehead atoms. The summed E-state index contributed by atoms with van der Waals surface area (Å²) in [4.78, 5) is 19.8. The molecule has 1 amide bonds. The SMILES string of the molecule is CCc1nc(Cl)cc(NCCC(=O)NC(C)C)n1. The Morgan fingerprint density at radius 2 is 2.17 bits per heavy atom. The van der Waals surface area contributed by atoms with Crippen LogP contribution in [0.2, 0.25) is 5.15 Å². The Labute approximate surface area is 112 Å². The largest absolute Gasteiger partial charge is 0.369 e. The summed E-state index contributed by atoms with van der Waals surface area (Å²) >= 11 is 5.87. The quantitative estimate of drug-likeness (QED) is 0.776. The van der Waals surface area contributed by atoms with Gasteiger partial charge in [0, 0.05) is 31.5 Å². The molecule has 0 saturated heterocycles. The Morgan fingerprint density at radius 3 is 2.78 bits per heavy atom. The number of hydrogen-bond donors (Lipinski definition) is 2. The van der Waals surface area contributed by atoms with E-state index in [1.165, 1.54) is 0 Å². The van der Waals surface area contributed by atoms with E-state index in [-0.39, 0.29) is 11.9 Å². The van der Waals surface area contributed by atoms with Crippen molar-refractivity contribution >= 4 is 23.3 Å². The third-order valence-corrected chi connectivity index (χ3v) is 2.36. The van der Waals surface area contributed by atoms with E-state index < -0.39 is 0 Å². The zero-order chi connectivity index (χ0) is 13.5. The van der Waals surface area contributed by atoms with Gasteiger partial charge in [-0.3, -0.25) is 4.79 Å². The summed E-state index contributed by atoms with van der Waals surface area (Å²) in [6.45, 7) is 6.35. The maximum absolute atomic E-state index is 11.4. The molecule has 0 fully saturated rings. The zero-order valence-electron chi connectivity index (χ0n) is 11.0. The smallest absolute Gasteiger partial charge is 0.221 e. The van der Waals surface area contributed by atoms with Crippen LogP contribution in [0.15, 0.2) is 6.07 Å². The fraction of sp³-hybridized carbons (Fsp3) is 0.583. The number of aryl methyl sites for hydroxylation is 1. The molecular weight excluding hydrogens is 252 g/mol. The number of nitrogens with one attached hydrogen (secondary N) is 2. The van der Waals surface area contributed by atoms with Crippen molar-refractivity contribution in [2.45, 2.75) is 39.7 Å². The molecule has 0 radical (unpaired) electrons. The number of rotatable bonds is 6. The Kier molecular flexibility index (Phi) is 5.85. The van der Waals surface area contributed by atoms with E-state index in [2.05, 4.69) is 20.6 Å². The molecule has 1 aromatic heterocycles. The molecule has 0 spiro atoms. The molecule has 0 aliphatic rings. The van der Waals surface area contributed by atoms with Gasteiger partial charge in [-0.2, -0.15) is 0 Å². The molecule has 1 rings (SSSR count). The number of hydrogen-bond acceptors (Lipinski definition) is 4. The predicted molar refractivity (Wildman–Crippen MR) is 72.8 cm³/mol. The van der Waals surface area contributed by atoms with Gasteiger partial charge >= 0.3 is 0 Å². The van der Waals surface area contributed by atoms with Gasteiger partial charge in [-0.1, -0.05) is 18.5 Å². The molecule has 0 aromatic carbocycles. The van der Waals surface area contributed by atoms with E-state index in [1.807, 2.05) is 20.8 Å². The maximum Gasteiger partial charge on any atom is 0.221 e. The van der Waals surface area contributed by atoms with Crippen LogP contribution in [-0.2, 0) is 11.2 Å². The number of aromatic nitrogens is 2. The van der Waals surface area contributed by atoms with Gasteiger partial charge in [0.05, 0.1) is 0 Å². The Balaban J connectivity index is 2.44. The van der Waals surface area contributed by atoms with Gasteiger partial charge in [0.25, 0.3) is 0 Å². The summed E-state index contributed by atoms with van der Waals surface area (Å²) in [6.07, 6.45) is 1.13. The molecule has 0 unspecified atom stereocenters. The van der Waals surface area contributed by atoms with Crippen molar-refractivity contribution in [1.82, 2.24) is 15.3 Å². The molecule has 5 nitrogen and oxygen atoms in total. The van der Waals surface area contributed by atoms with Crippen molar-refractivity contribution in [3.63, 3.8) is 0 Å². The van der Waals surface area contributed by atoms with Crippen molar-refractivity contribution in [2.24, 2.45) is 0 Å². The molecule has 0 atom stereocenters. The van der Waals surface area contributed by atoms with Crippen LogP contribution < -0.4 is 10.6 Å². The first kappa shape index (κ1) is 14.7. The fourth-order valence-corrected chi connectivity index (χ4v) is 1.61. The van der Waals surface area contributed by atoms with Crippen LogP contribution in [-0.4, -0.2) is 28.5 Å². The van der Waals surface area contributed by atoms with Crippen molar-refractivity contribution < 1.29 is 4.79 Å². The van der Waals surface area contributed by atoms with Crippen LogP contribution in [0, 0.1) is 0 Å². The molecule has 100 valence electrons. The maximum atomic E-state index is 11.4. The van der Waals surface area contributed by atoms with Crippen LogP contribution in [0.4, 0.5) is 5.82 Å². The highest BCUT2D eigenvalue weighted by Crippen LogP contribution is 2.11. The summed E-state index contributed by atoms with van der Waals surface area (Å²) in [7, 11) is 0. The molecule has 0 saturated carbocycles. The molecular formula is C12H19ClN4O. The van der Waals surface area contributed by atoms with Crippen molar-refractivity contribution in [3.05, 3.63) is 17.0 Å². The molecule has 6 heteroatoms. The van der Waals surface area contributed by atoms with Crippen LogP contribution in [0.1, 0.15) is 33.0 Å². The molecule has 1 heterocycles. The van der Waals surface area contributed by atoms with Crippen molar-refractivity contribution in [2.75, 3.05) is 11.9 Å². The minimum Gasteiger partial charge on any atom is -0.369 e. The third kappa shape index (κ3) is 5.31. The second-order valence-electron chi connectivity index (χ2n) is 4.24. The number of anilines is 1. The van der Waals surface area contributed by atoms with Crippen LogP contribution >= 0.6 is 11.6 Å².